The van der Waals surface area contributed by atoms with Crippen molar-refractivity contribution in [2.75, 3.05) is 0 Å². The van der Waals surface area contributed by atoms with Crippen LogP contribution in [0, 0.1) is 11.8 Å². The predicted molar refractivity (Wildman–Crippen MR) is 57.9 cm³/mol. The van der Waals surface area contributed by atoms with Crippen LogP contribution >= 0.6 is 0 Å². The number of allylic oxidation sites excluding steroid dienone is 1. The standard InChI is InChI=1S/C13H15N/c14-13-11-7-6-10(8-11)12(13)9-4-2-1-3-5-9/h1-7,10-13H,8,14H2. The van der Waals surface area contributed by atoms with Crippen LogP contribution < -0.4 is 5.73 Å². The molecule has 4 unspecified atom stereocenters. The van der Waals surface area contributed by atoms with Gasteiger partial charge in [0.05, 0.1) is 0 Å². The van der Waals surface area contributed by atoms with Crippen LogP contribution in [0.3, 0.4) is 0 Å². The molecule has 1 saturated carbocycles. The molecule has 2 aliphatic rings. The van der Waals surface area contributed by atoms with E-state index in [1.807, 2.05) is 0 Å². The molecule has 0 spiro atoms. The second kappa shape index (κ2) is 2.96. The number of fused-ring (bicyclic) bond motifs is 2. The Hall–Kier alpha value is -1.08. The van der Waals surface area contributed by atoms with Crippen molar-refractivity contribution in [2.24, 2.45) is 17.6 Å². The van der Waals surface area contributed by atoms with Crippen LogP contribution in [-0.2, 0) is 0 Å². The summed E-state index contributed by atoms with van der Waals surface area (Å²) >= 11 is 0. The quantitative estimate of drug-likeness (QED) is 0.667. The molecule has 2 bridgehead atoms. The Balaban J connectivity index is 1.97. The summed E-state index contributed by atoms with van der Waals surface area (Å²) in [7, 11) is 0. The molecule has 4 atom stereocenters. The van der Waals surface area contributed by atoms with Gasteiger partial charge in [0.15, 0.2) is 0 Å². The fraction of sp³-hybridized carbons (Fsp3) is 0.385. The second-order valence-electron chi connectivity index (χ2n) is 4.46. The molecule has 72 valence electrons. The van der Waals surface area contributed by atoms with Gasteiger partial charge in [0.25, 0.3) is 0 Å². The minimum atomic E-state index is 0.340. The van der Waals surface area contributed by atoms with Crippen molar-refractivity contribution < 1.29 is 0 Å². The highest BCUT2D eigenvalue weighted by atomic mass is 14.7. The van der Waals surface area contributed by atoms with Gasteiger partial charge in [0.1, 0.15) is 0 Å². The Labute approximate surface area is 84.6 Å². The van der Waals surface area contributed by atoms with E-state index in [4.69, 9.17) is 5.73 Å². The first kappa shape index (κ1) is 8.25. The maximum atomic E-state index is 6.24. The number of benzene rings is 1. The van der Waals surface area contributed by atoms with Gasteiger partial charge in [-0.05, 0) is 23.8 Å². The van der Waals surface area contributed by atoms with Crippen molar-refractivity contribution in [2.45, 2.75) is 18.4 Å². The summed E-state index contributed by atoms with van der Waals surface area (Å²) in [4.78, 5) is 0. The smallest absolute Gasteiger partial charge is 0.0177 e. The molecule has 14 heavy (non-hydrogen) atoms. The van der Waals surface area contributed by atoms with Gasteiger partial charge in [-0.25, -0.2) is 0 Å². The summed E-state index contributed by atoms with van der Waals surface area (Å²) in [5, 5.41) is 0. The average Bonchev–Trinajstić information content (AvgIpc) is 2.79. The molecule has 0 heterocycles. The second-order valence-corrected chi connectivity index (χ2v) is 4.46. The zero-order chi connectivity index (χ0) is 9.54. The highest BCUT2D eigenvalue weighted by Gasteiger charge is 2.42. The molecule has 1 aromatic carbocycles. The monoisotopic (exact) mass is 185 g/mol. The van der Waals surface area contributed by atoms with E-state index in [1.54, 1.807) is 0 Å². The molecular weight excluding hydrogens is 170 g/mol. The summed E-state index contributed by atoms with van der Waals surface area (Å²) in [6.07, 6.45) is 5.92. The van der Waals surface area contributed by atoms with Crippen LogP contribution in [0.4, 0.5) is 0 Å². The largest absolute Gasteiger partial charge is 0.327 e. The number of hydrogen-bond donors (Lipinski definition) is 1. The maximum absolute atomic E-state index is 6.24. The first-order chi connectivity index (χ1) is 6.86. The summed E-state index contributed by atoms with van der Waals surface area (Å²) in [5.74, 6) is 1.88. The molecule has 3 rings (SSSR count). The van der Waals surface area contributed by atoms with Crippen LogP contribution in [-0.4, -0.2) is 6.04 Å². The van der Waals surface area contributed by atoms with Gasteiger partial charge in [-0.2, -0.15) is 0 Å². The van der Waals surface area contributed by atoms with E-state index in [9.17, 15) is 0 Å². The lowest BCUT2D eigenvalue weighted by molar-refractivity contribution is 0.504. The molecule has 2 N–H and O–H groups in total. The third-order valence-electron chi connectivity index (χ3n) is 3.70. The Morgan fingerprint density at radius 1 is 1.00 bits per heavy atom. The van der Waals surface area contributed by atoms with Crippen LogP contribution in [0.25, 0.3) is 0 Å². The van der Waals surface area contributed by atoms with E-state index >= 15 is 0 Å². The van der Waals surface area contributed by atoms with E-state index in [-0.39, 0.29) is 0 Å². The molecule has 0 radical (unpaired) electrons. The van der Waals surface area contributed by atoms with Crippen molar-refractivity contribution in [3.8, 4) is 0 Å². The normalized spacial score (nSPS) is 39.2. The Morgan fingerprint density at radius 2 is 1.71 bits per heavy atom. The third-order valence-corrected chi connectivity index (χ3v) is 3.70. The summed E-state index contributed by atoms with van der Waals surface area (Å²) in [6, 6.07) is 11.0. The summed E-state index contributed by atoms with van der Waals surface area (Å²) in [6.45, 7) is 0. The van der Waals surface area contributed by atoms with Gasteiger partial charge in [-0.1, -0.05) is 42.5 Å². The Bertz CT molecular complexity index is 355. The van der Waals surface area contributed by atoms with Crippen molar-refractivity contribution >= 4 is 0 Å². The average molecular weight is 185 g/mol. The lowest BCUT2D eigenvalue weighted by Crippen LogP contribution is -2.31. The van der Waals surface area contributed by atoms with Crippen LogP contribution in [0.5, 0.6) is 0 Å². The number of hydrogen-bond acceptors (Lipinski definition) is 1. The number of nitrogens with two attached hydrogens (primary N) is 1. The summed E-state index contributed by atoms with van der Waals surface area (Å²) in [5.41, 5.74) is 7.66. The zero-order valence-electron chi connectivity index (χ0n) is 8.14. The summed E-state index contributed by atoms with van der Waals surface area (Å²) < 4.78 is 0. The Kier molecular flexibility index (Phi) is 1.74. The van der Waals surface area contributed by atoms with Crippen LogP contribution in [0.2, 0.25) is 0 Å². The highest BCUT2D eigenvalue weighted by molar-refractivity contribution is 5.30. The van der Waals surface area contributed by atoms with Crippen molar-refractivity contribution in [3.05, 3.63) is 48.0 Å². The molecule has 1 aromatic rings. The van der Waals surface area contributed by atoms with E-state index in [0.717, 1.165) is 0 Å². The topological polar surface area (TPSA) is 26.0 Å². The molecule has 0 aliphatic heterocycles. The van der Waals surface area contributed by atoms with Crippen molar-refractivity contribution in [3.63, 3.8) is 0 Å². The fourth-order valence-corrected chi connectivity index (χ4v) is 3.01. The molecule has 0 aromatic heterocycles. The lowest BCUT2D eigenvalue weighted by atomic mass is 9.84. The van der Waals surface area contributed by atoms with Gasteiger partial charge in [-0.3, -0.25) is 0 Å². The molecule has 0 saturated heterocycles. The maximum Gasteiger partial charge on any atom is 0.0177 e. The van der Waals surface area contributed by atoms with Gasteiger partial charge < -0.3 is 5.73 Å². The fourth-order valence-electron chi connectivity index (χ4n) is 3.01. The predicted octanol–water partition coefficient (Wildman–Crippen LogP) is 2.30. The molecule has 1 nitrogen and oxygen atoms in total. The van der Waals surface area contributed by atoms with E-state index in [0.29, 0.717) is 23.8 Å². The zero-order valence-corrected chi connectivity index (χ0v) is 8.14. The molecular formula is C13H15N. The van der Waals surface area contributed by atoms with E-state index in [2.05, 4.69) is 42.5 Å². The SMILES string of the molecule is NC1C2C=CC(C2)C1c1ccccc1. The van der Waals surface area contributed by atoms with E-state index < -0.39 is 0 Å². The highest BCUT2D eigenvalue weighted by Crippen LogP contribution is 2.47. The lowest BCUT2D eigenvalue weighted by Gasteiger charge is -2.24. The van der Waals surface area contributed by atoms with Gasteiger partial charge in [0.2, 0.25) is 0 Å². The Morgan fingerprint density at radius 3 is 2.36 bits per heavy atom. The minimum Gasteiger partial charge on any atom is -0.327 e. The minimum absolute atomic E-state index is 0.340. The van der Waals surface area contributed by atoms with E-state index in [1.165, 1.54) is 12.0 Å². The van der Waals surface area contributed by atoms with Crippen molar-refractivity contribution in [1.82, 2.24) is 0 Å². The molecule has 0 amide bonds. The van der Waals surface area contributed by atoms with Gasteiger partial charge in [-0.15, -0.1) is 0 Å². The van der Waals surface area contributed by atoms with Gasteiger partial charge >= 0.3 is 0 Å². The molecule has 1 heteroatoms. The van der Waals surface area contributed by atoms with Crippen LogP contribution in [0.15, 0.2) is 42.5 Å². The molecule has 2 aliphatic carbocycles. The number of rotatable bonds is 1. The van der Waals surface area contributed by atoms with Crippen molar-refractivity contribution in [1.29, 1.82) is 0 Å². The van der Waals surface area contributed by atoms with Crippen LogP contribution in [0.1, 0.15) is 17.9 Å². The molecule has 1 fully saturated rings. The first-order valence-electron chi connectivity index (χ1n) is 5.35. The third kappa shape index (κ3) is 1.05. The van der Waals surface area contributed by atoms with Gasteiger partial charge in [0, 0.05) is 12.0 Å². The first-order valence-corrected chi connectivity index (χ1v) is 5.35.